The van der Waals surface area contributed by atoms with Crippen LogP contribution in [0.4, 0.5) is 0 Å². The van der Waals surface area contributed by atoms with Crippen LogP contribution in [0.3, 0.4) is 0 Å². The highest BCUT2D eigenvalue weighted by Gasteiger charge is 2.25. The second-order valence-corrected chi connectivity index (χ2v) is 9.25. The Morgan fingerprint density at radius 2 is 1.71 bits per heavy atom. The molecule has 2 N–H and O–H groups in total. The molecule has 0 aromatic heterocycles. The average Bonchev–Trinajstić information content (AvgIpc) is 2.88. The van der Waals surface area contributed by atoms with E-state index in [4.69, 9.17) is 0 Å². The van der Waals surface area contributed by atoms with Gasteiger partial charge in [0.1, 0.15) is 5.75 Å². The van der Waals surface area contributed by atoms with Crippen molar-refractivity contribution >= 4 is 5.91 Å². The fourth-order valence-corrected chi connectivity index (χ4v) is 5.03. The lowest BCUT2D eigenvalue weighted by atomic mass is 9.86. The molecule has 4 heteroatoms. The zero-order valence-electron chi connectivity index (χ0n) is 20.2. The third kappa shape index (κ3) is 6.06. The van der Waals surface area contributed by atoms with Crippen molar-refractivity contribution in [3.8, 4) is 16.9 Å². The normalized spacial score (nSPS) is 15.2. The molecule has 34 heavy (non-hydrogen) atoms. The van der Waals surface area contributed by atoms with Gasteiger partial charge in [-0.05, 0) is 92.1 Å². The topological polar surface area (TPSA) is 52.6 Å². The maximum absolute atomic E-state index is 12.5. The highest BCUT2D eigenvalue weighted by molar-refractivity contribution is 5.94. The maximum Gasteiger partial charge on any atom is 0.251 e. The summed E-state index contributed by atoms with van der Waals surface area (Å²) in [4.78, 5) is 15.2. The number of phenols is 1. The molecule has 0 heterocycles. The first-order valence-corrected chi connectivity index (χ1v) is 12.6. The number of aromatic hydroxyl groups is 1. The molecule has 4 nitrogen and oxygen atoms in total. The quantitative estimate of drug-likeness (QED) is 0.377. The molecule has 3 aromatic rings. The molecule has 3 aromatic carbocycles. The number of hydrogen-bond acceptors (Lipinski definition) is 3. The molecule has 1 aliphatic carbocycles. The zero-order chi connectivity index (χ0) is 23.8. The van der Waals surface area contributed by atoms with E-state index >= 15 is 0 Å². The summed E-state index contributed by atoms with van der Waals surface area (Å²) >= 11 is 0. The van der Waals surface area contributed by atoms with Gasteiger partial charge in [0.15, 0.2) is 0 Å². The lowest BCUT2D eigenvalue weighted by Crippen LogP contribution is -2.40. The first kappa shape index (κ1) is 24.0. The summed E-state index contributed by atoms with van der Waals surface area (Å²) in [6.07, 6.45) is 6.24. The number of nitrogens with one attached hydrogen (secondary N) is 1. The summed E-state index contributed by atoms with van der Waals surface area (Å²) in [6.45, 7) is 5.08. The minimum Gasteiger partial charge on any atom is -0.508 e. The molecule has 1 aliphatic rings. The van der Waals surface area contributed by atoms with Crippen LogP contribution in [-0.4, -0.2) is 41.6 Å². The highest BCUT2D eigenvalue weighted by Crippen LogP contribution is 2.30. The highest BCUT2D eigenvalue weighted by atomic mass is 16.3. The van der Waals surface area contributed by atoms with Gasteiger partial charge >= 0.3 is 0 Å². The summed E-state index contributed by atoms with van der Waals surface area (Å²) in [6, 6.07) is 24.5. The van der Waals surface area contributed by atoms with E-state index in [2.05, 4.69) is 35.3 Å². The van der Waals surface area contributed by atoms with E-state index in [1.165, 1.54) is 5.56 Å². The van der Waals surface area contributed by atoms with Gasteiger partial charge in [0.2, 0.25) is 0 Å². The van der Waals surface area contributed by atoms with E-state index in [0.717, 1.165) is 68.3 Å². The van der Waals surface area contributed by atoms with Crippen LogP contribution in [0, 0.1) is 0 Å². The molecule has 0 fully saturated rings. The molecule has 4 rings (SSSR count). The number of carbonyl (C=O) groups is 1. The lowest BCUT2D eigenvalue weighted by molar-refractivity contribution is 0.0952. The number of nitrogens with zero attached hydrogens (tertiary/aromatic N) is 1. The molecule has 0 saturated carbocycles. The number of phenolic OH excluding ortho intramolecular Hbond substituents is 1. The molecular weight excluding hydrogens is 420 g/mol. The van der Waals surface area contributed by atoms with Gasteiger partial charge in [-0.1, -0.05) is 61.5 Å². The number of fused-ring (bicyclic) bond motifs is 1. The van der Waals surface area contributed by atoms with E-state index < -0.39 is 0 Å². The first-order chi connectivity index (χ1) is 16.7. The molecular formula is C30H36N2O2. The molecule has 0 radical (unpaired) electrons. The van der Waals surface area contributed by atoms with Crippen molar-refractivity contribution in [2.45, 2.75) is 51.5 Å². The van der Waals surface area contributed by atoms with Crippen LogP contribution in [0.2, 0.25) is 0 Å². The summed E-state index contributed by atoms with van der Waals surface area (Å²) in [5.74, 6) is 0.442. The second kappa shape index (κ2) is 11.8. The van der Waals surface area contributed by atoms with Gasteiger partial charge in [0, 0.05) is 18.2 Å². The van der Waals surface area contributed by atoms with Gasteiger partial charge in [-0.3, -0.25) is 4.79 Å². The zero-order valence-corrected chi connectivity index (χ0v) is 20.2. The van der Waals surface area contributed by atoms with Crippen LogP contribution < -0.4 is 5.32 Å². The van der Waals surface area contributed by atoms with Gasteiger partial charge in [0.05, 0.1) is 0 Å². The Morgan fingerprint density at radius 3 is 2.47 bits per heavy atom. The molecule has 0 aliphatic heterocycles. The lowest BCUT2D eigenvalue weighted by Gasteiger charge is -2.35. The smallest absolute Gasteiger partial charge is 0.251 e. The molecule has 1 amide bonds. The molecule has 1 atom stereocenters. The van der Waals surface area contributed by atoms with Gasteiger partial charge in [0.25, 0.3) is 5.91 Å². The Hall–Kier alpha value is -3.11. The Kier molecular flexibility index (Phi) is 8.37. The number of rotatable bonds is 10. The van der Waals surface area contributed by atoms with Crippen LogP contribution in [-0.2, 0) is 12.8 Å². The standard InChI is InChI=1S/C30H36N2O2/c1-2-20-32(27-17-18-28-26(22-27)11-8-12-29(28)33)21-7-6-19-31-30(34)25-15-13-24(14-16-25)23-9-4-3-5-10-23/h3-5,8-16,27,33H,2,6-7,17-22H2,1H3,(H,31,34)/t27-/m1/s1. The number of unbranched alkanes of at least 4 members (excludes halogenated alkanes) is 1. The van der Waals surface area contributed by atoms with Gasteiger partial charge in [-0.2, -0.15) is 0 Å². The monoisotopic (exact) mass is 456 g/mol. The van der Waals surface area contributed by atoms with Crippen molar-refractivity contribution in [3.05, 3.63) is 89.5 Å². The Morgan fingerprint density at radius 1 is 0.941 bits per heavy atom. The van der Waals surface area contributed by atoms with E-state index in [1.54, 1.807) is 6.07 Å². The van der Waals surface area contributed by atoms with Crippen molar-refractivity contribution in [2.75, 3.05) is 19.6 Å². The molecule has 178 valence electrons. The van der Waals surface area contributed by atoms with Crippen molar-refractivity contribution in [3.63, 3.8) is 0 Å². The third-order valence-corrected chi connectivity index (χ3v) is 6.87. The van der Waals surface area contributed by atoms with Crippen molar-refractivity contribution in [2.24, 2.45) is 0 Å². The van der Waals surface area contributed by atoms with Crippen LogP contribution in [0.25, 0.3) is 11.1 Å². The average molecular weight is 457 g/mol. The number of hydrogen-bond donors (Lipinski definition) is 2. The Labute approximate surface area is 203 Å². The summed E-state index contributed by atoms with van der Waals surface area (Å²) in [5.41, 5.74) is 5.41. The number of carbonyl (C=O) groups excluding carboxylic acids is 1. The Balaban J connectivity index is 1.22. The van der Waals surface area contributed by atoms with Crippen LogP contribution in [0.1, 0.15) is 54.1 Å². The fraction of sp³-hybridized carbons (Fsp3) is 0.367. The molecule has 0 unspecified atom stereocenters. The number of benzene rings is 3. The number of amides is 1. The minimum absolute atomic E-state index is 0.00581. The summed E-state index contributed by atoms with van der Waals surface area (Å²) in [5, 5.41) is 13.2. The molecule has 0 saturated heterocycles. The maximum atomic E-state index is 12.5. The summed E-state index contributed by atoms with van der Waals surface area (Å²) < 4.78 is 0. The van der Waals surface area contributed by atoms with Gasteiger partial charge in [-0.25, -0.2) is 0 Å². The third-order valence-electron chi connectivity index (χ3n) is 6.87. The fourth-order valence-electron chi connectivity index (χ4n) is 5.03. The summed E-state index contributed by atoms with van der Waals surface area (Å²) in [7, 11) is 0. The van der Waals surface area contributed by atoms with Crippen molar-refractivity contribution < 1.29 is 9.90 Å². The van der Waals surface area contributed by atoms with E-state index in [9.17, 15) is 9.90 Å². The van der Waals surface area contributed by atoms with Crippen LogP contribution in [0.15, 0.2) is 72.8 Å². The van der Waals surface area contributed by atoms with Gasteiger partial charge < -0.3 is 15.3 Å². The minimum atomic E-state index is -0.00581. The van der Waals surface area contributed by atoms with Gasteiger partial charge in [-0.15, -0.1) is 0 Å². The van der Waals surface area contributed by atoms with E-state index in [1.807, 2.05) is 48.5 Å². The first-order valence-electron chi connectivity index (χ1n) is 12.6. The van der Waals surface area contributed by atoms with E-state index in [0.29, 0.717) is 23.9 Å². The largest absolute Gasteiger partial charge is 0.508 e. The predicted octanol–water partition coefficient (Wildman–Crippen LogP) is 5.84. The van der Waals surface area contributed by atoms with Crippen LogP contribution >= 0.6 is 0 Å². The molecule has 0 bridgehead atoms. The van der Waals surface area contributed by atoms with Crippen molar-refractivity contribution in [1.82, 2.24) is 10.2 Å². The van der Waals surface area contributed by atoms with E-state index in [-0.39, 0.29) is 5.91 Å². The second-order valence-electron chi connectivity index (χ2n) is 9.25. The van der Waals surface area contributed by atoms with Crippen LogP contribution in [0.5, 0.6) is 5.75 Å². The molecule has 0 spiro atoms. The predicted molar refractivity (Wildman–Crippen MR) is 139 cm³/mol. The SMILES string of the molecule is CCCN(CCCCNC(=O)c1ccc(-c2ccccc2)cc1)[C@@H]1CCc2c(O)cccc2C1. The van der Waals surface area contributed by atoms with Crippen molar-refractivity contribution in [1.29, 1.82) is 0 Å². The Bertz CT molecular complexity index is 1060.